The van der Waals surface area contributed by atoms with Crippen molar-refractivity contribution in [3.63, 3.8) is 0 Å². The van der Waals surface area contributed by atoms with E-state index in [0.717, 1.165) is 32.1 Å². The summed E-state index contributed by atoms with van der Waals surface area (Å²) in [6, 6.07) is 2.96. The molecule has 4 rings (SSSR count). The predicted octanol–water partition coefficient (Wildman–Crippen LogP) is 0.608. The van der Waals surface area contributed by atoms with Crippen LogP contribution in [0.1, 0.15) is 12.5 Å². The first-order chi connectivity index (χ1) is 13.7. The lowest BCUT2D eigenvalue weighted by Gasteiger charge is -2.28. The largest absolute Gasteiger partial charge is 0.340 e. The van der Waals surface area contributed by atoms with Crippen molar-refractivity contribution in [1.29, 1.82) is 0 Å². The van der Waals surface area contributed by atoms with Gasteiger partial charge in [-0.1, -0.05) is 5.92 Å². The molecule has 1 aliphatic rings. The molecule has 1 saturated heterocycles. The number of fused-ring (bicyclic) bond motifs is 1. The fourth-order valence-electron chi connectivity index (χ4n) is 3.31. The number of anilines is 1. The molecular weight excluding hydrogens is 361 g/mol. The van der Waals surface area contributed by atoms with Gasteiger partial charge in [-0.3, -0.25) is 9.36 Å². The summed E-state index contributed by atoms with van der Waals surface area (Å²) in [5.41, 5.74) is 1.33. The van der Waals surface area contributed by atoms with Crippen molar-refractivity contribution in [2.75, 3.05) is 31.1 Å². The summed E-state index contributed by atoms with van der Waals surface area (Å²) in [5, 5.41) is 7.54. The number of aromatic nitrogens is 5. The molecule has 0 saturated carbocycles. The van der Waals surface area contributed by atoms with E-state index in [1.807, 2.05) is 4.57 Å². The summed E-state index contributed by atoms with van der Waals surface area (Å²) in [7, 11) is 0. The van der Waals surface area contributed by atoms with Gasteiger partial charge in [0.2, 0.25) is 11.9 Å². The van der Waals surface area contributed by atoms with Gasteiger partial charge in [0.05, 0.1) is 19.3 Å². The number of hydrogen-bond donors (Lipinski definition) is 1. The Morgan fingerprint density at radius 1 is 1.32 bits per heavy atom. The molecule has 0 spiro atoms. The van der Waals surface area contributed by atoms with Crippen LogP contribution in [0.3, 0.4) is 0 Å². The molecule has 1 aliphatic heterocycles. The first-order valence-electron chi connectivity index (χ1n) is 9.09. The zero-order valence-electron chi connectivity index (χ0n) is 15.5. The number of imidazole rings is 1. The minimum absolute atomic E-state index is 0.155. The Labute approximate surface area is 161 Å². The maximum atomic E-state index is 13.4. The van der Waals surface area contributed by atoms with E-state index in [2.05, 4.69) is 37.1 Å². The maximum absolute atomic E-state index is 13.4. The van der Waals surface area contributed by atoms with Crippen LogP contribution in [0.4, 0.5) is 10.3 Å². The third kappa shape index (κ3) is 3.46. The van der Waals surface area contributed by atoms with Crippen molar-refractivity contribution in [2.45, 2.75) is 20.0 Å². The molecule has 0 aliphatic carbocycles. The molecule has 0 unspecified atom stereocenters. The molecule has 144 valence electrons. The van der Waals surface area contributed by atoms with Crippen LogP contribution in [0.15, 0.2) is 29.3 Å². The summed E-state index contributed by atoms with van der Waals surface area (Å²) in [6.07, 6.45) is 2.95. The van der Waals surface area contributed by atoms with E-state index in [1.165, 1.54) is 16.9 Å². The molecule has 0 radical (unpaired) electrons. The number of piperazine rings is 1. The SMILES string of the molecule is CC#CCn1c(N2CCNCC2)nc2cnn(Cc3ccnc(F)c3)c(=O)c21. The van der Waals surface area contributed by atoms with E-state index < -0.39 is 5.95 Å². The highest BCUT2D eigenvalue weighted by Gasteiger charge is 2.21. The average Bonchev–Trinajstić information content (AvgIpc) is 3.08. The number of rotatable bonds is 4. The normalized spacial score (nSPS) is 14.1. The third-order valence-corrected chi connectivity index (χ3v) is 4.67. The molecule has 0 aromatic carbocycles. The fourth-order valence-corrected chi connectivity index (χ4v) is 3.31. The van der Waals surface area contributed by atoms with Gasteiger partial charge in [-0.05, 0) is 24.6 Å². The van der Waals surface area contributed by atoms with Gasteiger partial charge < -0.3 is 10.2 Å². The van der Waals surface area contributed by atoms with E-state index >= 15 is 0 Å². The first kappa shape index (κ1) is 18.1. The zero-order valence-corrected chi connectivity index (χ0v) is 15.5. The first-order valence-corrected chi connectivity index (χ1v) is 9.09. The van der Waals surface area contributed by atoms with Crippen LogP contribution in [-0.2, 0) is 13.1 Å². The number of pyridine rings is 1. The van der Waals surface area contributed by atoms with Gasteiger partial charge in [0.15, 0.2) is 0 Å². The van der Waals surface area contributed by atoms with Crippen molar-refractivity contribution in [1.82, 2.24) is 29.6 Å². The Bertz CT molecular complexity index is 1120. The summed E-state index contributed by atoms with van der Waals surface area (Å²) >= 11 is 0. The zero-order chi connectivity index (χ0) is 19.5. The Kier molecular flexibility index (Phi) is 5.04. The van der Waals surface area contributed by atoms with E-state index in [4.69, 9.17) is 0 Å². The molecule has 1 N–H and O–H groups in total. The van der Waals surface area contributed by atoms with Gasteiger partial charge >= 0.3 is 0 Å². The fraction of sp³-hybridized carbons (Fsp3) is 0.368. The van der Waals surface area contributed by atoms with Crippen molar-refractivity contribution < 1.29 is 4.39 Å². The molecule has 8 nitrogen and oxygen atoms in total. The van der Waals surface area contributed by atoms with Crippen LogP contribution >= 0.6 is 0 Å². The minimum atomic E-state index is -0.587. The standard InChI is InChI=1S/C19H20FN7O/c1-2-3-8-26-17-15(24-19(26)25-9-6-21-7-10-25)12-23-27(18(17)28)13-14-4-5-22-16(20)11-14/h4-5,11-12,21H,6-10,13H2,1H3. The number of nitrogens with zero attached hydrogens (tertiary/aromatic N) is 6. The molecule has 4 heterocycles. The van der Waals surface area contributed by atoms with Gasteiger partial charge in [-0.15, -0.1) is 5.92 Å². The molecule has 0 bridgehead atoms. The van der Waals surface area contributed by atoms with Gasteiger partial charge in [0.25, 0.3) is 5.56 Å². The summed E-state index contributed by atoms with van der Waals surface area (Å²) in [6.45, 7) is 5.62. The van der Waals surface area contributed by atoms with E-state index in [9.17, 15) is 9.18 Å². The molecule has 3 aromatic rings. The lowest BCUT2D eigenvalue weighted by atomic mass is 10.2. The van der Waals surface area contributed by atoms with Crippen LogP contribution in [0.2, 0.25) is 0 Å². The van der Waals surface area contributed by atoms with Gasteiger partial charge in [-0.25, -0.2) is 14.6 Å². The van der Waals surface area contributed by atoms with Crippen LogP contribution in [-0.4, -0.2) is 50.5 Å². The van der Waals surface area contributed by atoms with Crippen molar-refractivity contribution in [3.8, 4) is 11.8 Å². The molecule has 3 aromatic heterocycles. The van der Waals surface area contributed by atoms with Crippen LogP contribution in [0.25, 0.3) is 11.0 Å². The summed E-state index contributed by atoms with van der Waals surface area (Å²) < 4.78 is 16.5. The topological polar surface area (TPSA) is 80.9 Å². The molecule has 9 heteroatoms. The second kappa shape index (κ2) is 7.78. The number of nitrogens with one attached hydrogen (secondary N) is 1. The van der Waals surface area contributed by atoms with Gasteiger partial charge in [0.1, 0.15) is 11.0 Å². The van der Waals surface area contributed by atoms with Gasteiger partial charge in [-0.2, -0.15) is 9.49 Å². The van der Waals surface area contributed by atoms with E-state index in [1.54, 1.807) is 19.2 Å². The van der Waals surface area contributed by atoms with Crippen molar-refractivity contribution >= 4 is 17.0 Å². The summed E-state index contributed by atoms with van der Waals surface area (Å²) in [5.74, 6) is 6.05. The second-order valence-electron chi connectivity index (χ2n) is 6.49. The number of halogens is 1. The maximum Gasteiger partial charge on any atom is 0.293 e. The van der Waals surface area contributed by atoms with Crippen LogP contribution < -0.4 is 15.8 Å². The van der Waals surface area contributed by atoms with Crippen LogP contribution in [0, 0.1) is 17.8 Å². The predicted molar refractivity (Wildman–Crippen MR) is 104 cm³/mol. The van der Waals surface area contributed by atoms with Crippen LogP contribution in [0.5, 0.6) is 0 Å². The third-order valence-electron chi connectivity index (χ3n) is 4.67. The monoisotopic (exact) mass is 381 g/mol. The van der Waals surface area contributed by atoms with E-state index in [-0.39, 0.29) is 12.1 Å². The summed E-state index contributed by atoms with van der Waals surface area (Å²) in [4.78, 5) is 23.5. The average molecular weight is 381 g/mol. The highest BCUT2D eigenvalue weighted by Crippen LogP contribution is 2.20. The minimum Gasteiger partial charge on any atom is -0.340 e. The second-order valence-corrected chi connectivity index (χ2v) is 6.49. The Hall–Kier alpha value is -3.25. The Morgan fingerprint density at radius 3 is 2.89 bits per heavy atom. The smallest absolute Gasteiger partial charge is 0.293 e. The van der Waals surface area contributed by atoms with Crippen molar-refractivity contribution in [2.24, 2.45) is 0 Å². The van der Waals surface area contributed by atoms with E-state index in [0.29, 0.717) is 23.1 Å². The lowest BCUT2D eigenvalue weighted by Crippen LogP contribution is -2.44. The van der Waals surface area contributed by atoms with Gasteiger partial charge in [0, 0.05) is 32.4 Å². The lowest BCUT2D eigenvalue weighted by molar-refractivity contribution is 0.571. The highest BCUT2D eigenvalue weighted by atomic mass is 19.1. The van der Waals surface area contributed by atoms with Crippen molar-refractivity contribution in [3.05, 3.63) is 46.4 Å². The molecule has 1 fully saturated rings. The highest BCUT2D eigenvalue weighted by molar-refractivity contribution is 5.77. The Morgan fingerprint density at radius 2 is 2.14 bits per heavy atom. The quantitative estimate of drug-likeness (QED) is 0.527. The number of hydrogen-bond acceptors (Lipinski definition) is 6. The molecule has 28 heavy (non-hydrogen) atoms. The molecule has 0 amide bonds. The molecular formula is C19H20FN7O. The molecule has 0 atom stereocenters. The Balaban J connectivity index is 1.81.